The highest BCUT2D eigenvalue weighted by Crippen LogP contribution is 2.15. The number of aromatic nitrogens is 2. The number of aromatic amines is 1. The van der Waals surface area contributed by atoms with E-state index in [0.717, 1.165) is 11.8 Å². The Labute approximate surface area is 136 Å². The average Bonchev–Trinajstić information content (AvgIpc) is 2.47. The second-order valence-electron chi connectivity index (χ2n) is 4.32. The molecule has 6 nitrogen and oxygen atoms in total. The predicted molar refractivity (Wildman–Crippen MR) is 86.4 cm³/mol. The van der Waals surface area contributed by atoms with E-state index >= 15 is 0 Å². The summed E-state index contributed by atoms with van der Waals surface area (Å²) in [5.74, 6) is -0.0748. The number of rotatable bonds is 6. The first kappa shape index (κ1) is 16.5. The lowest BCUT2D eigenvalue weighted by molar-refractivity contribution is -0.113. The van der Waals surface area contributed by atoms with E-state index in [-0.39, 0.29) is 23.8 Å². The summed E-state index contributed by atoms with van der Waals surface area (Å²) in [5, 5.41) is 3.71. The van der Waals surface area contributed by atoms with Crippen LogP contribution >= 0.6 is 23.4 Å². The number of amides is 1. The van der Waals surface area contributed by atoms with Crippen LogP contribution in [-0.2, 0) is 16.1 Å². The molecule has 0 aliphatic carbocycles. The lowest BCUT2D eigenvalue weighted by Gasteiger charge is -2.05. The van der Waals surface area contributed by atoms with Crippen LogP contribution in [0.25, 0.3) is 0 Å². The molecule has 1 aromatic heterocycles. The molecule has 1 amide bonds. The molecule has 8 heteroatoms. The fraction of sp³-hybridized carbons (Fsp3) is 0.214. The second kappa shape index (κ2) is 7.98. The van der Waals surface area contributed by atoms with E-state index in [2.05, 4.69) is 15.3 Å². The van der Waals surface area contributed by atoms with Gasteiger partial charge in [-0.3, -0.25) is 9.59 Å². The highest BCUT2D eigenvalue weighted by Gasteiger charge is 2.07. The first-order valence-corrected chi connectivity index (χ1v) is 7.70. The number of halogens is 1. The van der Waals surface area contributed by atoms with Gasteiger partial charge in [0.2, 0.25) is 5.91 Å². The molecule has 1 aromatic carbocycles. The molecule has 0 atom stereocenters. The fourth-order valence-electron chi connectivity index (χ4n) is 1.64. The van der Waals surface area contributed by atoms with E-state index in [1.807, 2.05) is 0 Å². The van der Waals surface area contributed by atoms with Crippen molar-refractivity contribution in [3.05, 3.63) is 51.4 Å². The van der Waals surface area contributed by atoms with E-state index < -0.39 is 0 Å². The largest absolute Gasteiger partial charge is 0.378 e. The molecule has 2 aromatic rings. The van der Waals surface area contributed by atoms with Gasteiger partial charge >= 0.3 is 0 Å². The summed E-state index contributed by atoms with van der Waals surface area (Å²) in [7, 11) is 1.52. The van der Waals surface area contributed by atoms with Gasteiger partial charge in [-0.25, -0.2) is 4.98 Å². The van der Waals surface area contributed by atoms with Crippen LogP contribution in [0.3, 0.4) is 0 Å². The van der Waals surface area contributed by atoms with Crippen molar-refractivity contribution in [1.29, 1.82) is 0 Å². The summed E-state index contributed by atoms with van der Waals surface area (Å²) in [4.78, 5) is 30.1. The van der Waals surface area contributed by atoms with Crippen LogP contribution in [0.2, 0.25) is 5.02 Å². The number of nitrogens with one attached hydrogen (secondary N) is 2. The monoisotopic (exact) mass is 339 g/mol. The van der Waals surface area contributed by atoms with E-state index in [9.17, 15) is 9.59 Å². The number of anilines is 1. The van der Waals surface area contributed by atoms with Crippen LogP contribution in [0.1, 0.15) is 5.69 Å². The van der Waals surface area contributed by atoms with Crippen molar-refractivity contribution in [3.63, 3.8) is 0 Å². The standard InChI is InChI=1S/C14H14ClN3O3S/c1-21-7-11-6-12(19)18-14(17-11)22-8-13(20)16-10-4-2-9(15)3-5-10/h2-6H,7-8H2,1H3,(H,16,20)(H,17,18,19). The number of methoxy groups -OCH3 is 1. The summed E-state index contributed by atoms with van der Waals surface area (Å²) in [5.41, 5.74) is 0.902. The Balaban J connectivity index is 1.93. The molecule has 0 saturated heterocycles. The van der Waals surface area contributed by atoms with Gasteiger partial charge in [-0.05, 0) is 24.3 Å². The molecule has 0 saturated carbocycles. The zero-order valence-electron chi connectivity index (χ0n) is 11.8. The Morgan fingerprint density at radius 1 is 1.41 bits per heavy atom. The molecule has 0 fully saturated rings. The maximum atomic E-state index is 11.9. The van der Waals surface area contributed by atoms with Gasteiger partial charge in [-0.1, -0.05) is 23.4 Å². The van der Waals surface area contributed by atoms with E-state index in [0.29, 0.717) is 21.6 Å². The molecule has 22 heavy (non-hydrogen) atoms. The fourth-order valence-corrected chi connectivity index (χ4v) is 2.46. The van der Waals surface area contributed by atoms with Gasteiger partial charge in [-0.15, -0.1) is 0 Å². The number of hydrogen-bond acceptors (Lipinski definition) is 5. The Bertz CT molecular complexity index is 703. The minimum absolute atomic E-state index is 0.127. The SMILES string of the molecule is COCc1cc(=O)[nH]c(SCC(=O)Nc2ccc(Cl)cc2)n1. The lowest BCUT2D eigenvalue weighted by Crippen LogP contribution is -2.16. The molecule has 0 aliphatic heterocycles. The number of carbonyl (C=O) groups is 1. The topological polar surface area (TPSA) is 84.1 Å². The van der Waals surface area contributed by atoms with Gasteiger partial charge in [0, 0.05) is 23.9 Å². The highest BCUT2D eigenvalue weighted by atomic mass is 35.5. The molecule has 116 valence electrons. The van der Waals surface area contributed by atoms with Crippen molar-refractivity contribution < 1.29 is 9.53 Å². The van der Waals surface area contributed by atoms with E-state index in [1.54, 1.807) is 24.3 Å². The van der Waals surface area contributed by atoms with Crippen molar-refractivity contribution in [2.24, 2.45) is 0 Å². The van der Waals surface area contributed by atoms with E-state index in [1.165, 1.54) is 13.2 Å². The molecular weight excluding hydrogens is 326 g/mol. The zero-order valence-corrected chi connectivity index (χ0v) is 13.3. The summed E-state index contributed by atoms with van der Waals surface area (Å²) in [6.07, 6.45) is 0. The molecule has 2 N–H and O–H groups in total. The van der Waals surface area contributed by atoms with Crippen LogP contribution in [-0.4, -0.2) is 28.7 Å². The number of ether oxygens (including phenoxy) is 1. The Morgan fingerprint density at radius 2 is 2.14 bits per heavy atom. The number of carbonyl (C=O) groups excluding carboxylic acids is 1. The number of benzene rings is 1. The summed E-state index contributed by atoms with van der Waals surface area (Å²) < 4.78 is 4.94. The van der Waals surface area contributed by atoms with Crippen LogP contribution in [0.15, 0.2) is 40.3 Å². The third-order valence-electron chi connectivity index (χ3n) is 2.53. The van der Waals surface area contributed by atoms with Gasteiger partial charge in [0.25, 0.3) is 5.56 Å². The number of thioether (sulfide) groups is 1. The van der Waals surface area contributed by atoms with Crippen LogP contribution in [0.5, 0.6) is 0 Å². The minimum atomic E-state index is -0.275. The maximum Gasteiger partial charge on any atom is 0.251 e. The number of H-pyrrole nitrogens is 1. The van der Waals surface area contributed by atoms with Crippen LogP contribution in [0, 0.1) is 0 Å². The van der Waals surface area contributed by atoms with Gasteiger partial charge in [0.15, 0.2) is 5.16 Å². The summed E-state index contributed by atoms with van der Waals surface area (Å²) >= 11 is 6.92. The minimum Gasteiger partial charge on any atom is -0.378 e. The van der Waals surface area contributed by atoms with Crippen LogP contribution in [0.4, 0.5) is 5.69 Å². The highest BCUT2D eigenvalue weighted by molar-refractivity contribution is 7.99. The molecule has 1 heterocycles. The van der Waals surface area contributed by atoms with Gasteiger partial charge in [0.1, 0.15) is 0 Å². The smallest absolute Gasteiger partial charge is 0.251 e. The van der Waals surface area contributed by atoms with Crippen molar-refractivity contribution in [2.75, 3.05) is 18.2 Å². The summed E-state index contributed by atoms with van der Waals surface area (Å²) in [6.45, 7) is 0.244. The first-order valence-electron chi connectivity index (χ1n) is 6.34. The van der Waals surface area contributed by atoms with Gasteiger partial charge in [-0.2, -0.15) is 0 Å². The summed E-state index contributed by atoms with van der Waals surface area (Å²) in [6, 6.07) is 8.17. The second-order valence-corrected chi connectivity index (χ2v) is 5.72. The molecular formula is C14H14ClN3O3S. The Hall–Kier alpha value is -1.83. The molecule has 0 aliphatic rings. The average molecular weight is 340 g/mol. The molecule has 0 bridgehead atoms. The van der Waals surface area contributed by atoms with Crippen molar-refractivity contribution in [3.8, 4) is 0 Å². The third-order valence-corrected chi connectivity index (χ3v) is 3.66. The van der Waals surface area contributed by atoms with Crippen LogP contribution < -0.4 is 10.9 Å². The maximum absolute atomic E-state index is 11.9. The lowest BCUT2D eigenvalue weighted by atomic mass is 10.3. The molecule has 0 unspecified atom stereocenters. The third kappa shape index (κ3) is 5.18. The Kier molecular flexibility index (Phi) is 6.00. The molecule has 0 radical (unpaired) electrons. The van der Waals surface area contributed by atoms with Gasteiger partial charge < -0.3 is 15.0 Å². The number of nitrogens with zero attached hydrogens (tertiary/aromatic N) is 1. The molecule has 0 spiro atoms. The van der Waals surface area contributed by atoms with Crippen molar-refractivity contribution in [1.82, 2.24) is 9.97 Å². The van der Waals surface area contributed by atoms with E-state index in [4.69, 9.17) is 16.3 Å². The number of hydrogen-bond donors (Lipinski definition) is 2. The van der Waals surface area contributed by atoms with Crippen molar-refractivity contribution >= 4 is 35.0 Å². The first-order chi connectivity index (χ1) is 10.6. The normalized spacial score (nSPS) is 10.5. The van der Waals surface area contributed by atoms with Crippen molar-refractivity contribution in [2.45, 2.75) is 11.8 Å². The quantitative estimate of drug-likeness (QED) is 0.623. The molecule has 2 rings (SSSR count). The van der Waals surface area contributed by atoms with Gasteiger partial charge in [0.05, 0.1) is 18.1 Å². The zero-order chi connectivity index (χ0) is 15.9. The Morgan fingerprint density at radius 3 is 2.82 bits per heavy atom. The predicted octanol–water partition coefficient (Wildman–Crippen LogP) is 2.30.